The topological polar surface area (TPSA) is 62.7 Å². The number of likely N-dealkylation sites (tertiary alicyclic amines) is 1. The second kappa shape index (κ2) is 7.36. The summed E-state index contributed by atoms with van der Waals surface area (Å²) in [5, 5.41) is 0. The smallest absolute Gasteiger partial charge is 0.272 e. The lowest BCUT2D eigenvalue weighted by molar-refractivity contribution is -0.186. The first kappa shape index (κ1) is 18.6. The Kier molecular flexibility index (Phi) is 4.89. The summed E-state index contributed by atoms with van der Waals surface area (Å²) in [5.74, 6) is -0.118. The van der Waals surface area contributed by atoms with Crippen LogP contribution < -0.4 is 0 Å². The van der Waals surface area contributed by atoms with Gasteiger partial charge < -0.3 is 14.5 Å². The Bertz CT molecular complexity index is 886. The fourth-order valence-corrected chi connectivity index (χ4v) is 4.12. The number of rotatable bonds is 3. The van der Waals surface area contributed by atoms with Gasteiger partial charge >= 0.3 is 0 Å². The van der Waals surface area contributed by atoms with Crippen LogP contribution in [0.2, 0.25) is 0 Å². The lowest BCUT2D eigenvalue weighted by Crippen LogP contribution is -2.67. The number of hydrogen-bond donors (Lipinski definition) is 0. The molecule has 1 aromatic carbocycles. The highest BCUT2D eigenvalue weighted by atomic mass is 16.5. The highest BCUT2D eigenvalue weighted by Crippen LogP contribution is 2.34. The van der Waals surface area contributed by atoms with Gasteiger partial charge in [0.25, 0.3) is 5.91 Å². The molecule has 2 atom stereocenters. The van der Waals surface area contributed by atoms with Gasteiger partial charge in [-0.1, -0.05) is 36.4 Å². The molecule has 0 N–H and O–H groups in total. The van der Waals surface area contributed by atoms with E-state index in [1.54, 1.807) is 6.20 Å². The zero-order valence-corrected chi connectivity index (χ0v) is 16.3. The number of aryl methyl sites for hydroxylation is 1. The van der Waals surface area contributed by atoms with Crippen molar-refractivity contribution in [3.63, 3.8) is 0 Å². The van der Waals surface area contributed by atoms with E-state index < -0.39 is 5.60 Å². The molecule has 28 heavy (non-hydrogen) atoms. The van der Waals surface area contributed by atoms with Crippen LogP contribution in [0.3, 0.4) is 0 Å². The summed E-state index contributed by atoms with van der Waals surface area (Å²) in [6.07, 6.45) is 2.33. The Labute approximate surface area is 165 Å². The first-order chi connectivity index (χ1) is 13.5. The Balaban J connectivity index is 1.59. The van der Waals surface area contributed by atoms with Crippen molar-refractivity contribution in [1.29, 1.82) is 0 Å². The van der Waals surface area contributed by atoms with Crippen molar-refractivity contribution < 1.29 is 14.3 Å². The summed E-state index contributed by atoms with van der Waals surface area (Å²) in [6, 6.07) is 13.5. The highest BCUT2D eigenvalue weighted by molar-refractivity contribution is 5.93. The lowest BCUT2D eigenvalue weighted by Gasteiger charge is -2.52. The zero-order chi connectivity index (χ0) is 19.7. The first-order valence-electron chi connectivity index (χ1n) is 9.66. The molecule has 4 rings (SSSR count). The minimum atomic E-state index is -0.446. The molecule has 0 aliphatic carbocycles. The van der Waals surface area contributed by atoms with E-state index in [0.717, 1.165) is 11.1 Å². The van der Waals surface area contributed by atoms with Crippen molar-refractivity contribution in [3.05, 3.63) is 65.5 Å². The van der Waals surface area contributed by atoms with Crippen LogP contribution in [0.1, 0.15) is 35.0 Å². The molecule has 2 aliphatic heterocycles. The van der Waals surface area contributed by atoms with E-state index in [-0.39, 0.29) is 24.5 Å². The number of carbonyl (C=O) groups is 2. The number of nitrogens with zero attached hydrogens (tertiary/aromatic N) is 3. The summed E-state index contributed by atoms with van der Waals surface area (Å²) >= 11 is 0. The molecule has 3 heterocycles. The molecule has 2 saturated heterocycles. The zero-order valence-electron chi connectivity index (χ0n) is 16.3. The fraction of sp³-hybridized carbons (Fsp3) is 0.409. The van der Waals surface area contributed by atoms with Gasteiger partial charge in [0.2, 0.25) is 5.91 Å². The molecule has 0 bridgehead atoms. The maximum absolute atomic E-state index is 13.1. The number of piperidine rings is 1. The lowest BCUT2D eigenvalue weighted by atomic mass is 9.85. The monoisotopic (exact) mass is 379 g/mol. The van der Waals surface area contributed by atoms with Gasteiger partial charge in [0, 0.05) is 25.8 Å². The summed E-state index contributed by atoms with van der Waals surface area (Å²) < 4.78 is 5.96. The molecule has 0 saturated carbocycles. The number of fused-ring (bicyclic) bond motifs is 1. The van der Waals surface area contributed by atoms with Crippen LogP contribution in [-0.2, 0) is 16.1 Å². The summed E-state index contributed by atoms with van der Waals surface area (Å²) in [7, 11) is 0. The molecule has 0 spiro atoms. The molecule has 1 aromatic heterocycles. The molecule has 0 radical (unpaired) electrons. The van der Waals surface area contributed by atoms with Crippen molar-refractivity contribution >= 4 is 11.8 Å². The van der Waals surface area contributed by atoms with Crippen LogP contribution >= 0.6 is 0 Å². The standard InChI is InChI=1S/C22H25N3O3/c1-16-7-6-11-23-20(16)21(27)24-12-10-22(2)18(14-24)25(19(26)15-28-22)13-17-8-4-3-5-9-17/h3-9,11,18H,10,12-15H2,1-2H3/t18-,22-/m1/s1. The Hall–Kier alpha value is -2.73. The Morgan fingerprint density at radius 2 is 2.04 bits per heavy atom. The summed E-state index contributed by atoms with van der Waals surface area (Å²) in [6.45, 7) is 5.60. The normalized spacial score (nSPS) is 24.8. The van der Waals surface area contributed by atoms with E-state index in [1.165, 1.54) is 0 Å². The number of benzene rings is 1. The van der Waals surface area contributed by atoms with Gasteiger partial charge in [-0.05, 0) is 37.5 Å². The van der Waals surface area contributed by atoms with Crippen LogP contribution in [0.5, 0.6) is 0 Å². The van der Waals surface area contributed by atoms with Crippen LogP contribution in [0.15, 0.2) is 48.7 Å². The molecule has 6 heteroatoms. The van der Waals surface area contributed by atoms with Crippen molar-refractivity contribution in [3.8, 4) is 0 Å². The minimum absolute atomic E-state index is 0.0327. The number of aromatic nitrogens is 1. The first-order valence-corrected chi connectivity index (χ1v) is 9.66. The quantitative estimate of drug-likeness (QED) is 0.822. The molecule has 146 valence electrons. The van der Waals surface area contributed by atoms with Gasteiger partial charge in [-0.25, -0.2) is 0 Å². The number of hydrogen-bond acceptors (Lipinski definition) is 4. The van der Waals surface area contributed by atoms with Crippen LogP contribution in [0.4, 0.5) is 0 Å². The van der Waals surface area contributed by atoms with E-state index in [9.17, 15) is 9.59 Å². The highest BCUT2D eigenvalue weighted by Gasteiger charge is 2.49. The summed E-state index contributed by atoms with van der Waals surface area (Å²) in [4.78, 5) is 33.7. The molecular weight excluding hydrogens is 354 g/mol. The van der Waals surface area contributed by atoms with Gasteiger partial charge in [-0.2, -0.15) is 0 Å². The van der Waals surface area contributed by atoms with Gasteiger partial charge in [0.05, 0.1) is 11.6 Å². The van der Waals surface area contributed by atoms with Crippen LogP contribution in [0.25, 0.3) is 0 Å². The van der Waals surface area contributed by atoms with E-state index >= 15 is 0 Å². The second-order valence-corrected chi connectivity index (χ2v) is 7.79. The average molecular weight is 379 g/mol. The van der Waals surface area contributed by atoms with E-state index in [4.69, 9.17) is 4.74 Å². The average Bonchev–Trinajstić information content (AvgIpc) is 2.71. The van der Waals surface area contributed by atoms with Crippen molar-refractivity contribution in [2.24, 2.45) is 0 Å². The number of morpholine rings is 1. The van der Waals surface area contributed by atoms with Gasteiger partial charge in [-0.15, -0.1) is 0 Å². The molecule has 2 fully saturated rings. The van der Waals surface area contributed by atoms with E-state index in [2.05, 4.69) is 11.9 Å². The maximum Gasteiger partial charge on any atom is 0.272 e. The largest absolute Gasteiger partial charge is 0.363 e. The number of amides is 2. The molecule has 2 amide bonds. The molecular formula is C22H25N3O3. The molecule has 2 aliphatic rings. The third kappa shape index (κ3) is 3.40. The third-order valence-corrected chi connectivity index (χ3v) is 5.89. The predicted octanol–water partition coefficient (Wildman–Crippen LogP) is 2.42. The fourth-order valence-electron chi connectivity index (χ4n) is 4.12. The van der Waals surface area contributed by atoms with Crippen LogP contribution in [-0.4, -0.2) is 57.9 Å². The second-order valence-electron chi connectivity index (χ2n) is 7.79. The Morgan fingerprint density at radius 1 is 1.25 bits per heavy atom. The molecule has 2 aromatic rings. The Morgan fingerprint density at radius 3 is 2.79 bits per heavy atom. The van der Waals surface area contributed by atoms with Crippen molar-refractivity contribution in [1.82, 2.24) is 14.8 Å². The minimum Gasteiger partial charge on any atom is -0.363 e. The van der Waals surface area contributed by atoms with E-state index in [1.807, 2.05) is 59.2 Å². The van der Waals surface area contributed by atoms with Gasteiger partial charge in [-0.3, -0.25) is 14.6 Å². The molecule has 6 nitrogen and oxygen atoms in total. The number of carbonyl (C=O) groups excluding carboxylic acids is 2. The SMILES string of the molecule is Cc1cccnc1C(=O)N1CC[C@@]2(C)OCC(=O)N(Cc3ccccc3)[C@@H]2C1. The van der Waals surface area contributed by atoms with Crippen LogP contribution in [0, 0.1) is 6.92 Å². The maximum atomic E-state index is 13.1. The van der Waals surface area contributed by atoms with Gasteiger partial charge in [0.15, 0.2) is 0 Å². The summed E-state index contributed by atoms with van der Waals surface area (Å²) in [5.41, 5.74) is 1.96. The third-order valence-electron chi connectivity index (χ3n) is 5.89. The van der Waals surface area contributed by atoms with Crippen molar-refractivity contribution in [2.75, 3.05) is 19.7 Å². The number of ether oxygens (including phenoxy) is 1. The number of pyridine rings is 1. The van der Waals surface area contributed by atoms with Crippen molar-refractivity contribution in [2.45, 2.75) is 38.5 Å². The predicted molar refractivity (Wildman–Crippen MR) is 105 cm³/mol. The molecule has 0 unspecified atom stereocenters. The van der Waals surface area contributed by atoms with Gasteiger partial charge in [0.1, 0.15) is 12.3 Å². The van der Waals surface area contributed by atoms with E-state index in [0.29, 0.717) is 31.7 Å².